The number of methoxy groups -OCH3 is 1. The largest absolute Gasteiger partial charge is 0.497 e. The quantitative estimate of drug-likeness (QED) is 0.352. The molecule has 6 heteroatoms. The molecular formula is C21H35IN4O. The van der Waals surface area contributed by atoms with E-state index in [9.17, 15) is 0 Å². The van der Waals surface area contributed by atoms with Gasteiger partial charge in [0.2, 0.25) is 0 Å². The Labute approximate surface area is 181 Å². The van der Waals surface area contributed by atoms with Gasteiger partial charge < -0.3 is 15.4 Å². The second kappa shape index (κ2) is 11.1. The summed E-state index contributed by atoms with van der Waals surface area (Å²) in [7, 11) is 1.71. The van der Waals surface area contributed by atoms with Crippen molar-refractivity contribution in [2.45, 2.75) is 45.7 Å². The summed E-state index contributed by atoms with van der Waals surface area (Å²) in [6.45, 7) is 9.64. The van der Waals surface area contributed by atoms with E-state index in [1.807, 2.05) is 12.1 Å². The van der Waals surface area contributed by atoms with Gasteiger partial charge in [0.05, 0.1) is 7.11 Å². The number of rotatable bonds is 7. The molecule has 0 spiro atoms. The van der Waals surface area contributed by atoms with Crippen LogP contribution in [0, 0.1) is 11.8 Å². The number of nitrogens with one attached hydrogen (secondary N) is 2. The van der Waals surface area contributed by atoms with Gasteiger partial charge in [-0.2, -0.15) is 0 Å². The number of benzene rings is 1. The molecule has 0 bridgehead atoms. The Bertz CT molecular complexity index is 584. The second-order valence-corrected chi connectivity index (χ2v) is 7.75. The molecule has 2 fully saturated rings. The lowest BCUT2D eigenvalue weighted by Gasteiger charge is -2.31. The molecule has 2 unspecified atom stereocenters. The van der Waals surface area contributed by atoms with Gasteiger partial charge in [-0.3, -0.25) is 9.89 Å². The molecule has 2 aliphatic rings. The Morgan fingerprint density at radius 2 is 1.89 bits per heavy atom. The highest BCUT2D eigenvalue weighted by molar-refractivity contribution is 14.0. The van der Waals surface area contributed by atoms with E-state index in [-0.39, 0.29) is 24.0 Å². The van der Waals surface area contributed by atoms with E-state index in [4.69, 9.17) is 9.73 Å². The summed E-state index contributed by atoms with van der Waals surface area (Å²) in [4.78, 5) is 7.39. The van der Waals surface area contributed by atoms with Crippen molar-refractivity contribution in [1.82, 2.24) is 15.5 Å². The summed E-state index contributed by atoms with van der Waals surface area (Å²) in [5.41, 5.74) is 1.36. The van der Waals surface area contributed by atoms with Gasteiger partial charge in [0.15, 0.2) is 5.96 Å². The minimum atomic E-state index is 0. The van der Waals surface area contributed by atoms with Crippen molar-refractivity contribution in [2.75, 3.05) is 33.3 Å². The lowest BCUT2D eigenvalue weighted by atomic mass is 9.96. The average molecular weight is 486 g/mol. The standard InChI is InChI=1S/C21H34N4O.HI/c1-4-22-21(24-20-13-16(20)2)23-14-17-9-11-25(12-10-17)15-18-5-7-19(26-3)8-6-18;/h5-8,16-17,20H,4,9-15H2,1-3H3,(H2,22,23,24);1H. The third kappa shape index (κ3) is 7.14. The first-order chi connectivity index (χ1) is 12.7. The fourth-order valence-corrected chi connectivity index (χ4v) is 3.56. The molecule has 2 atom stereocenters. The molecule has 152 valence electrons. The van der Waals surface area contributed by atoms with Crippen LogP contribution in [0.25, 0.3) is 0 Å². The number of guanidine groups is 1. The third-order valence-electron chi connectivity index (χ3n) is 5.56. The van der Waals surface area contributed by atoms with Gasteiger partial charge >= 0.3 is 0 Å². The fourth-order valence-electron chi connectivity index (χ4n) is 3.56. The number of ether oxygens (including phenoxy) is 1. The Morgan fingerprint density at radius 3 is 2.44 bits per heavy atom. The van der Waals surface area contributed by atoms with Crippen LogP contribution in [0.4, 0.5) is 0 Å². The third-order valence-corrected chi connectivity index (χ3v) is 5.56. The molecule has 2 N–H and O–H groups in total. The number of hydrogen-bond donors (Lipinski definition) is 2. The van der Waals surface area contributed by atoms with Gasteiger partial charge in [0, 0.05) is 25.7 Å². The van der Waals surface area contributed by atoms with Crippen molar-refractivity contribution in [3.63, 3.8) is 0 Å². The number of likely N-dealkylation sites (tertiary alicyclic amines) is 1. The lowest BCUT2D eigenvalue weighted by Crippen LogP contribution is -2.40. The van der Waals surface area contributed by atoms with Gasteiger partial charge in [-0.1, -0.05) is 19.1 Å². The molecule has 1 aromatic rings. The zero-order valence-corrected chi connectivity index (χ0v) is 19.2. The number of hydrogen-bond acceptors (Lipinski definition) is 3. The molecule has 1 aromatic carbocycles. The molecule has 1 aliphatic heterocycles. The summed E-state index contributed by atoms with van der Waals surface area (Å²) in [5.74, 6) is 3.42. The summed E-state index contributed by atoms with van der Waals surface area (Å²) >= 11 is 0. The highest BCUT2D eigenvalue weighted by Gasteiger charge is 2.33. The van der Waals surface area contributed by atoms with Crippen molar-refractivity contribution < 1.29 is 4.74 Å². The number of nitrogens with zero attached hydrogens (tertiary/aromatic N) is 2. The molecule has 27 heavy (non-hydrogen) atoms. The molecular weight excluding hydrogens is 451 g/mol. The highest BCUT2D eigenvalue weighted by atomic mass is 127. The predicted molar refractivity (Wildman–Crippen MR) is 123 cm³/mol. The molecule has 0 amide bonds. The number of halogens is 1. The smallest absolute Gasteiger partial charge is 0.191 e. The second-order valence-electron chi connectivity index (χ2n) is 7.75. The van der Waals surface area contributed by atoms with Crippen LogP contribution in [0.15, 0.2) is 29.3 Å². The average Bonchev–Trinajstić information content (AvgIpc) is 3.36. The minimum absolute atomic E-state index is 0. The van der Waals surface area contributed by atoms with Gasteiger partial charge in [-0.25, -0.2) is 0 Å². The molecule has 1 aliphatic carbocycles. The molecule has 1 heterocycles. The van der Waals surface area contributed by atoms with E-state index in [1.165, 1.54) is 24.8 Å². The summed E-state index contributed by atoms with van der Waals surface area (Å²) in [6, 6.07) is 9.06. The Kier molecular flexibility index (Phi) is 9.15. The summed E-state index contributed by atoms with van der Waals surface area (Å²) in [6.07, 6.45) is 3.74. The normalized spacial score (nSPS) is 23.4. The first kappa shape index (κ1) is 22.3. The molecule has 1 saturated carbocycles. The zero-order valence-electron chi connectivity index (χ0n) is 16.9. The van der Waals surface area contributed by atoms with Crippen molar-refractivity contribution >= 4 is 29.9 Å². The van der Waals surface area contributed by atoms with E-state index < -0.39 is 0 Å². The van der Waals surface area contributed by atoms with Crippen molar-refractivity contribution in [1.29, 1.82) is 0 Å². The Morgan fingerprint density at radius 1 is 1.22 bits per heavy atom. The van der Waals surface area contributed by atoms with Crippen LogP contribution in [-0.2, 0) is 6.54 Å². The first-order valence-electron chi connectivity index (χ1n) is 10.1. The molecule has 5 nitrogen and oxygen atoms in total. The highest BCUT2D eigenvalue weighted by Crippen LogP contribution is 2.28. The maximum atomic E-state index is 5.23. The molecule has 1 saturated heterocycles. The van der Waals surface area contributed by atoms with Crippen LogP contribution in [0.3, 0.4) is 0 Å². The van der Waals surface area contributed by atoms with Crippen LogP contribution in [0.5, 0.6) is 5.75 Å². The van der Waals surface area contributed by atoms with Crippen LogP contribution in [0.1, 0.15) is 38.7 Å². The van der Waals surface area contributed by atoms with E-state index in [0.717, 1.165) is 50.4 Å². The van der Waals surface area contributed by atoms with Crippen LogP contribution in [0.2, 0.25) is 0 Å². The van der Waals surface area contributed by atoms with E-state index in [2.05, 4.69) is 41.5 Å². The monoisotopic (exact) mass is 486 g/mol. The van der Waals surface area contributed by atoms with Gasteiger partial charge in [-0.05, 0) is 68.8 Å². The summed E-state index contributed by atoms with van der Waals surface area (Å²) in [5, 5.41) is 6.93. The number of piperidine rings is 1. The number of aliphatic imine (C=N–C) groups is 1. The van der Waals surface area contributed by atoms with Gasteiger partial charge in [0.1, 0.15) is 5.75 Å². The van der Waals surface area contributed by atoms with Gasteiger partial charge in [-0.15, -0.1) is 24.0 Å². The minimum Gasteiger partial charge on any atom is -0.497 e. The predicted octanol–water partition coefficient (Wildman–Crippen LogP) is 3.49. The van der Waals surface area contributed by atoms with Crippen LogP contribution >= 0.6 is 24.0 Å². The van der Waals surface area contributed by atoms with E-state index in [1.54, 1.807) is 7.11 Å². The SMILES string of the molecule is CCNC(=NCC1CCN(Cc2ccc(OC)cc2)CC1)NC1CC1C.I. The maximum absolute atomic E-state index is 5.23. The molecule has 0 aromatic heterocycles. The fraction of sp³-hybridized carbons (Fsp3) is 0.667. The topological polar surface area (TPSA) is 48.9 Å². The van der Waals surface area contributed by atoms with Crippen LogP contribution in [-0.4, -0.2) is 50.2 Å². The van der Waals surface area contributed by atoms with Crippen LogP contribution < -0.4 is 15.4 Å². The molecule has 3 rings (SSSR count). The van der Waals surface area contributed by atoms with Crippen molar-refractivity contribution in [3.8, 4) is 5.75 Å². The Hall–Kier alpha value is -1.02. The lowest BCUT2D eigenvalue weighted by molar-refractivity contribution is 0.180. The van der Waals surface area contributed by atoms with Crippen molar-refractivity contribution in [2.24, 2.45) is 16.8 Å². The van der Waals surface area contributed by atoms with Crippen molar-refractivity contribution in [3.05, 3.63) is 29.8 Å². The van der Waals surface area contributed by atoms with Gasteiger partial charge in [0.25, 0.3) is 0 Å². The summed E-state index contributed by atoms with van der Waals surface area (Å²) < 4.78 is 5.23. The Balaban J connectivity index is 0.00000261. The van der Waals surface area contributed by atoms with E-state index >= 15 is 0 Å². The molecule has 0 radical (unpaired) electrons. The zero-order chi connectivity index (χ0) is 18.4. The first-order valence-corrected chi connectivity index (χ1v) is 10.1. The van der Waals surface area contributed by atoms with E-state index in [0.29, 0.717) is 12.0 Å². The maximum Gasteiger partial charge on any atom is 0.191 e.